The normalized spacial score (nSPS) is 16.5. The molecule has 1 aliphatic carbocycles. The number of hydrogen-bond donors (Lipinski definition) is 0. The first kappa shape index (κ1) is 24.2. The number of carbonyl (C=O) groups excluding carboxylic acids is 3. The van der Waals surface area contributed by atoms with Crippen LogP contribution in [-0.4, -0.2) is 54.7 Å². The van der Waals surface area contributed by atoms with Gasteiger partial charge in [-0.25, -0.2) is 0 Å². The molecule has 2 heterocycles. The largest absolute Gasteiger partial charge is 0.489 e. The molecule has 1 fully saturated rings. The third kappa shape index (κ3) is 4.96. The topological polar surface area (TPSA) is 95.0 Å². The Kier molecular flexibility index (Phi) is 7.29. The Morgan fingerprint density at radius 1 is 0.943 bits per heavy atom. The highest BCUT2D eigenvalue weighted by atomic mass is 16.5. The molecule has 4 rings (SSSR count). The number of amides is 1. The fraction of sp³-hybridized carbons (Fsp3) is 0.333. The summed E-state index contributed by atoms with van der Waals surface area (Å²) in [5, 5.41) is 0. The molecule has 0 bridgehead atoms. The van der Waals surface area contributed by atoms with E-state index in [0.717, 1.165) is 19.3 Å². The summed E-state index contributed by atoms with van der Waals surface area (Å²) in [7, 11) is 2.66. The molecule has 0 N–H and O–H groups in total. The second kappa shape index (κ2) is 10.5. The molecule has 0 radical (unpaired) electrons. The first-order chi connectivity index (χ1) is 16.9. The van der Waals surface area contributed by atoms with E-state index in [9.17, 15) is 14.4 Å². The molecule has 35 heavy (non-hydrogen) atoms. The Bertz CT molecular complexity index is 1210. The lowest BCUT2D eigenvalue weighted by Gasteiger charge is -2.27. The summed E-state index contributed by atoms with van der Waals surface area (Å²) in [6.07, 6.45) is 6.42. The monoisotopic (exact) mass is 476 g/mol. The van der Waals surface area contributed by atoms with E-state index in [4.69, 9.17) is 14.2 Å². The number of hydrogen-bond acceptors (Lipinski definition) is 7. The van der Waals surface area contributed by atoms with Crippen LogP contribution in [0.2, 0.25) is 0 Å². The van der Waals surface area contributed by atoms with Gasteiger partial charge in [0.2, 0.25) is 23.1 Å². The minimum Gasteiger partial charge on any atom is -0.489 e. The van der Waals surface area contributed by atoms with Crippen LogP contribution < -0.4 is 4.74 Å². The third-order valence-corrected chi connectivity index (χ3v) is 6.27. The van der Waals surface area contributed by atoms with Crippen LogP contribution in [0, 0.1) is 0 Å². The Hall–Kier alpha value is -3.94. The van der Waals surface area contributed by atoms with Crippen LogP contribution in [0.15, 0.2) is 65.4 Å². The van der Waals surface area contributed by atoms with Crippen LogP contribution in [0.5, 0.6) is 11.5 Å². The Morgan fingerprint density at radius 3 is 2.26 bits per heavy atom. The van der Waals surface area contributed by atoms with Crippen molar-refractivity contribution < 1.29 is 28.6 Å². The zero-order valence-electron chi connectivity index (χ0n) is 20.1. The maximum Gasteiger partial charge on any atom is 0.257 e. The van der Waals surface area contributed by atoms with E-state index in [-0.39, 0.29) is 29.6 Å². The van der Waals surface area contributed by atoms with E-state index in [1.807, 2.05) is 4.90 Å². The predicted molar refractivity (Wildman–Crippen MR) is 128 cm³/mol. The fourth-order valence-electron chi connectivity index (χ4n) is 4.35. The third-order valence-electron chi connectivity index (χ3n) is 6.27. The molecular weight excluding hydrogens is 448 g/mol. The summed E-state index contributed by atoms with van der Waals surface area (Å²) in [6.45, 7) is 2.98. The van der Waals surface area contributed by atoms with Gasteiger partial charge in [0.15, 0.2) is 0 Å². The van der Waals surface area contributed by atoms with Gasteiger partial charge in [0, 0.05) is 43.1 Å². The van der Waals surface area contributed by atoms with E-state index in [1.165, 1.54) is 14.2 Å². The van der Waals surface area contributed by atoms with Gasteiger partial charge in [-0.1, -0.05) is 6.07 Å². The van der Waals surface area contributed by atoms with E-state index >= 15 is 0 Å². The lowest BCUT2D eigenvalue weighted by molar-refractivity contribution is -0.121. The Balaban J connectivity index is 1.69. The molecule has 8 heteroatoms. The molecule has 8 nitrogen and oxygen atoms in total. The second-order valence-electron chi connectivity index (χ2n) is 8.47. The Labute approximate surface area is 204 Å². The average Bonchev–Trinajstić information content (AvgIpc) is 2.90. The quantitative estimate of drug-likeness (QED) is 0.557. The van der Waals surface area contributed by atoms with Crippen molar-refractivity contribution in [1.29, 1.82) is 0 Å². The van der Waals surface area contributed by atoms with Gasteiger partial charge in [-0.15, -0.1) is 0 Å². The van der Waals surface area contributed by atoms with Crippen molar-refractivity contribution in [3.05, 3.63) is 76.5 Å². The molecular formula is C27H28N2O6. The maximum atomic E-state index is 13.5. The molecule has 182 valence electrons. The first-order valence-electron chi connectivity index (χ1n) is 11.6. The number of likely N-dealkylation sites (tertiary alicyclic amines) is 1. The minimum atomic E-state index is -0.400. The number of piperidine rings is 1. The zero-order chi connectivity index (χ0) is 24.9. The highest BCUT2D eigenvalue weighted by molar-refractivity contribution is 6.23. The van der Waals surface area contributed by atoms with Crippen molar-refractivity contribution in [2.75, 3.05) is 27.3 Å². The molecule has 1 aromatic heterocycles. The van der Waals surface area contributed by atoms with Crippen molar-refractivity contribution >= 4 is 17.5 Å². The average molecular weight is 477 g/mol. The number of methoxy groups -OCH3 is 2. The number of carbonyl (C=O) groups is 3. The van der Waals surface area contributed by atoms with Gasteiger partial charge >= 0.3 is 0 Å². The number of benzene rings is 1. The van der Waals surface area contributed by atoms with Crippen molar-refractivity contribution in [3.63, 3.8) is 0 Å². The van der Waals surface area contributed by atoms with E-state index in [2.05, 4.69) is 4.98 Å². The van der Waals surface area contributed by atoms with Crippen LogP contribution in [0.3, 0.4) is 0 Å². The fourth-order valence-corrected chi connectivity index (χ4v) is 4.35. The van der Waals surface area contributed by atoms with Gasteiger partial charge in [0.25, 0.3) is 5.91 Å². The lowest BCUT2D eigenvalue weighted by atomic mass is 9.88. The summed E-state index contributed by atoms with van der Waals surface area (Å²) in [5.74, 6) is -0.128. The molecule has 1 aliphatic heterocycles. The van der Waals surface area contributed by atoms with Crippen molar-refractivity contribution in [3.8, 4) is 11.5 Å². The van der Waals surface area contributed by atoms with Crippen LogP contribution in [-0.2, 0) is 25.5 Å². The van der Waals surface area contributed by atoms with Crippen LogP contribution in [0.25, 0.3) is 0 Å². The summed E-state index contributed by atoms with van der Waals surface area (Å²) in [5.41, 5.74) is 1.73. The number of aromatic nitrogens is 1. The van der Waals surface area contributed by atoms with Gasteiger partial charge in [-0.05, 0) is 56.0 Å². The van der Waals surface area contributed by atoms with E-state index in [0.29, 0.717) is 46.9 Å². The second-order valence-corrected chi connectivity index (χ2v) is 8.47. The molecule has 0 spiro atoms. The number of pyridine rings is 1. The van der Waals surface area contributed by atoms with Gasteiger partial charge in [-0.3, -0.25) is 19.4 Å². The molecule has 1 aromatic carbocycles. The summed E-state index contributed by atoms with van der Waals surface area (Å²) in [4.78, 5) is 45.1. The molecule has 0 unspecified atom stereocenters. The molecule has 0 atom stereocenters. The lowest BCUT2D eigenvalue weighted by Crippen LogP contribution is -2.35. The van der Waals surface area contributed by atoms with Gasteiger partial charge in [0.05, 0.1) is 19.8 Å². The standard InChI is InChI=1S/C27H28N2O6/c1-17-20(24(31)26(34-3)25(33-2)23(17)30)15-18-7-8-22(35-19-9-11-28-12-10-19)21(16-18)27(32)29-13-5-4-6-14-29/h7-12,16H,4-6,13-15H2,1-3H3. The SMILES string of the molecule is COC1=C(OC)C(=O)C(Cc2ccc(Oc3ccncc3)c(C(=O)N3CCCCC3)c2)=C(C)C1=O. The summed E-state index contributed by atoms with van der Waals surface area (Å²) >= 11 is 0. The van der Waals surface area contributed by atoms with Crippen LogP contribution in [0.4, 0.5) is 0 Å². The predicted octanol–water partition coefficient (Wildman–Crippen LogP) is 4.02. The minimum absolute atomic E-state index is 0.0965. The summed E-state index contributed by atoms with van der Waals surface area (Å²) < 4.78 is 16.3. The number of nitrogens with zero attached hydrogens (tertiary/aromatic N) is 2. The number of ketones is 2. The molecule has 2 aromatic rings. The van der Waals surface area contributed by atoms with Gasteiger partial charge in [0.1, 0.15) is 11.5 Å². The van der Waals surface area contributed by atoms with Crippen molar-refractivity contribution in [1.82, 2.24) is 9.88 Å². The highest BCUT2D eigenvalue weighted by Gasteiger charge is 2.35. The smallest absolute Gasteiger partial charge is 0.257 e. The van der Waals surface area contributed by atoms with Crippen LogP contribution >= 0.6 is 0 Å². The number of rotatable bonds is 7. The molecule has 1 amide bonds. The molecule has 0 saturated carbocycles. The summed E-state index contributed by atoms with van der Waals surface area (Å²) in [6, 6.07) is 8.70. The van der Waals surface area contributed by atoms with Crippen molar-refractivity contribution in [2.24, 2.45) is 0 Å². The van der Waals surface area contributed by atoms with Crippen LogP contribution in [0.1, 0.15) is 42.1 Å². The molecule has 1 saturated heterocycles. The first-order valence-corrected chi connectivity index (χ1v) is 11.6. The van der Waals surface area contributed by atoms with Gasteiger partial charge < -0.3 is 19.1 Å². The van der Waals surface area contributed by atoms with E-state index < -0.39 is 5.78 Å². The highest BCUT2D eigenvalue weighted by Crippen LogP contribution is 2.32. The Morgan fingerprint density at radius 2 is 1.60 bits per heavy atom. The number of ether oxygens (including phenoxy) is 3. The molecule has 2 aliphatic rings. The number of Topliss-reactive ketones (excluding diaryl/α,β-unsaturated/α-hetero) is 2. The van der Waals surface area contributed by atoms with Gasteiger partial charge in [-0.2, -0.15) is 0 Å². The number of allylic oxidation sites excluding steroid dienone is 2. The van der Waals surface area contributed by atoms with E-state index in [1.54, 1.807) is 49.6 Å². The maximum absolute atomic E-state index is 13.5. The zero-order valence-corrected chi connectivity index (χ0v) is 20.1. The van der Waals surface area contributed by atoms with Crippen molar-refractivity contribution in [2.45, 2.75) is 32.6 Å².